The van der Waals surface area contributed by atoms with Gasteiger partial charge in [-0.05, 0) is 37.1 Å². The van der Waals surface area contributed by atoms with Crippen LogP contribution in [0.3, 0.4) is 0 Å². The maximum absolute atomic E-state index is 13.3. The molecule has 0 aliphatic heterocycles. The first-order valence-electron chi connectivity index (χ1n) is 10.0. The van der Waals surface area contributed by atoms with Gasteiger partial charge in [0.1, 0.15) is 5.82 Å². The number of amides is 1. The van der Waals surface area contributed by atoms with E-state index >= 15 is 0 Å². The van der Waals surface area contributed by atoms with Crippen molar-refractivity contribution >= 4 is 5.91 Å². The molecule has 2 atom stereocenters. The van der Waals surface area contributed by atoms with E-state index in [1.54, 1.807) is 23.0 Å². The zero-order valence-corrected chi connectivity index (χ0v) is 16.8. The van der Waals surface area contributed by atoms with Gasteiger partial charge in [0, 0.05) is 31.5 Å². The third-order valence-corrected chi connectivity index (χ3v) is 6.21. The van der Waals surface area contributed by atoms with Crippen molar-refractivity contribution in [2.24, 2.45) is 5.92 Å². The largest absolute Gasteiger partial charge is 0.390 e. The number of rotatable bonds is 4. The van der Waals surface area contributed by atoms with Gasteiger partial charge in [0.25, 0.3) is 0 Å². The van der Waals surface area contributed by atoms with Crippen molar-refractivity contribution in [1.29, 1.82) is 0 Å². The smallest absolute Gasteiger partial charge is 0.345 e. The molecular weight excluding hydrogens is 398 g/mol. The molecular formula is C22H23F4N3O. The van der Waals surface area contributed by atoms with Gasteiger partial charge in [-0.2, -0.15) is 18.3 Å². The van der Waals surface area contributed by atoms with Crippen LogP contribution < -0.4 is 0 Å². The van der Waals surface area contributed by atoms with E-state index in [-0.39, 0.29) is 30.1 Å². The molecule has 1 aromatic heterocycles. The van der Waals surface area contributed by atoms with Crippen molar-refractivity contribution in [2.45, 2.75) is 44.7 Å². The summed E-state index contributed by atoms with van der Waals surface area (Å²) in [7, 11) is 1.44. The number of aromatic nitrogens is 2. The lowest BCUT2D eigenvalue weighted by atomic mass is 9.79. The molecule has 0 bridgehead atoms. The lowest BCUT2D eigenvalue weighted by Gasteiger charge is -2.29. The minimum absolute atomic E-state index is 0.0367. The Hall–Kier alpha value is -2.64. The standard InChI is InChI=1S/C22H23F4N3O/c1-13-18-12-27-29(16-6-4-15(23)5-7-16)19(18)11-14-3-8-17(20(13)14)21(30)28(2)10-9-22(24,25)26/h4-7,12-13,17H,3,8-11H2,1-2H3/t13-,17+/m0/s1. The van der Waals surface area contributed by atoms with E-state index in [0.717, 1.165) is 28.9 Å². The van der Waals surface area contributed by atoms with E-state index in [0.29, 0.717) is 12.8 Å². The monoisotopic (exact) mass is 421 g/mol. The van der Waals surface area contributed by atoms with Crippen LogP contribution in [-0.2, 0) is 11.2 Å². The second-order valence-corrected chi connectivity index (χ2v) is 8.11. The van der Waals surface area contributed by atoms with E-state index in [9.17, 15) is 22.4 Å². The molecule has 0 fully saturated rings. The van der Waals surface area contributed by atoms with Crippen LogP contribution in [0.1, 0.15) is 43.4 Å². The molecule has 0 N–H and O–H groups in total. The zero-order valence-electron chi connectivity index (χ0n) is 16.8. The number of fused-ring (bicyclic) bond motifs is 1. The van der Waals surface area contributed by atoms with Crippen molar-refractivity contribution in [3.8, 4) is 5.69 Å². The number of carbonyl (C=O) groups excluding carboxylic acids is 1. The van der Waals surface area contributed by atoms with Gasteiger partial charge >= 0.3 is 6.18 Å². The molecule has 1 amide bonds. The normalized spacial score (nSPS) is 20.9. The minimum atomic E-state index is -4.28. The van der Waals surface area contributed by atoms with Gasteiger partial charge in [-0.25, -0.2) is 9.07 Å². The zero-order chi connectivity index (χ0) is 21.6. The van der Waals surface area contributed by atoms with Gasteiger partial charge in [0.05, 0.1) is 29.9 Å². The summed E-state index contributed by atoms with van der Waals surface area (Å²) in [5.41, 5.74) is 5.00. The highest BCUT2D eigenvalue weighted by Gasteiger charge is 2.40. The van der Waals surface area contributed by atoms with Gasteiger partial charge in [0.2, 0.25) is 5.91 Å². The second-order valence-electron chi connectivity index (χ2n) is 8.11. The molecule has 2 aromatic rings. The van der Waals surface area contributed by atoms with Crippen LogP contribution >= 0.6 is 0 Å². The quantitative estimate of drug-likeness (QED) is 0.526. The number of hydrogen-bond donors (Lipinski definition) is 0. The first kappa shape index (κ1) is 20.6. The molecule has 2 aliphatic carbocycles. The van der Waals surface area contributed by atoms with Crippen LogP contribution in [0.15, 0.2) is 41.6 Å². The Balaban J connectivity index is 1.57. The fourth-order valence-electron chi connectivity index (χ4n) is 4.69. The lowest BCUT2D eigenvalue weighted by molar-refractivity contribution is -0.145. The number of hydrogen-bond acceptors (Lipinski definition) is 2. The molecule has 0 spiro atoms. The highest BCUT2D eigenvalue weighted by molar-refractivity contribution is 5.83. The van der Waals surface area contributed by atoms with Crippen LogP contribution in [0.25, 0.3) is 5.69 Å². The molecule has 30 heavy (non-hydrogen) atoms. The maximum atomic E-state index is 13.3. The Labute approximate surface area is 172 Å². The fraction of sp³-hybridized carbons (Fsp3) is 0.455. The molecule has 1 aromatic carbocycles. The lowest BCUT2D eigenvalue weighted by Crippen LogP contribution is -2.36. The third-order valence-electron chi connectivity index (χ3n) is 6.21. The van der Waals surface area contributed by atoms with Crippen LogP contribution in [-0.4, -0.2) is 40.4 Å². The number of nitrogens with zero attached hydrogens (tertiary/aromatic N) is 3. The average molecular weight is 421 g/mol. The molecule has 4 nitrogen and oxygen atoms in total. The van der Waals surface area contributed by atoms with Crippen LogP contribution in [0.2, 0.25) is 0 Å². The Morgan fingerprint density at radius 3 is 2.63 bits per heavy atom. The molecule has 0 radical (unpaired) electrons. The Morgan fingerprint density at radius 1 is 1.27 bits per heavy atom. The summed E-state index contributed by atoms with van der Waals surface area (Å²) in [6, 6.07) is 6.13. The highest BCUT2D eigenvalue weighted by Crippen LogP contribution is 2.47. The summed E-state index contributed by atoms with van der Waals surface area (Å²) in [4.78, 5) is 14.1. The van der Waals surface area contributed by atoms with Crippen LogP contribution in [0.4, 0.5) is 17.6 Å². The third kappa shape index (κ3) is 3.75. The summed E-state index contributed by atoms with van der Waals surface area (Å²) >= 11 is 0. The van der Waals surface area contributed by atoms with Gasteiger partial charge in [0.15, 0.2) is 0 Å². The second kappa shape index (κ2) is 7.56. The molecule has 0 saturated carbocycles. The van der Waals surface area contributed by atoms with E-state index in [1.165, 1.54) is 29.7 Å². The number of allylic oxidation sites excluding steroid dienone is 1. The number of alkyl halides is 3. The number of benzene rings is 1. The van der Waals surface area contributed by atoms with Gasteiger partial charge in [-0.15, -0.1) is 0 Å². The summed E-state index contributed by atoms with van der Waals surface area (Å²) in [5.74, 6) is -0.976. The molecule has 1 heterocycles. The topological polar surface area (TPSA) is 38.1 Å². The minimum Gasteiger partial charge on any atom is -0.345 e. The first-order chi connectivity index (χ1) is 14.2. The van der Waals surface area contributed by atoms with Crippen LogP contribution in [0.5, 0.6) is 0 Å². The fourth-order valence-corrected chi connectivity index (χ4v) is 4.69. The molecule has 2 aliphatic rings. The van der Waals surface area contributed by atoms with Gasteiger partial charge in [-0.1, -0.05) is 18.1 Å². The molecule has 4 rings (SSSR count). The summed E-state index contributed by atoms with van der Waals surface area (Å²) in [5, 5.41) is 4.48. The molecule has 0 unspecified atom stereocenters. The van der Waals surface area contributed by atoms with Crippen molar-refractivity contribution in [1.82, 2.24) is 14.7 Å². The first-order valence-corrected chi connectivity index (χ1v) is 10.0. The van der Waals surface area contributed by atoms with Crippen molar-refractivity contribution < 1.29 is 22.4 Å². The molecule has 160 valence electrons. The van der Waals surface area contributed by atoms with E-state index < -0.39 is 12.6 Å². The van der Waals surface area contributed by atoms with Crippen molar-refractivity contribution in [2.75, 3.05) is 13.6 Å². The van der Waals surface area contributed by atoms with Crippen molar-refractivity contribution in [3.05, 3.63) is 58.7 Å². The highest BCUT2D eigenvalue weighted by atomic mass is 19.4. The van der Waals surface area contributed by atoms with E-state index in [4.69, 9.17) is 0 Å². The SMILES string of the molecule is C[C@@H]1C2=C(CC[C@H]2C(=O)N(C)CCC(F)(F)F)Cc2c1cnn2-c1ccc(F)cc1. The summed E-state index contributed by atoms with van der Waals surface area (Å²) in [6.45, 7) is 1.69. The van der Waals surface area contributed by atoms with Crippen molar-refractivity contribution in [3.63, 3.8) is 0 Å². The Bertz CT molecular complexity index is 991. The molecule has 8 heteroatoms. The average Bonchev–Trinajstić information content (AvgIpc) is 3.31. The Morgan fingerprint density at radius 2 is 1.97 bits per heavy atom. The number of halogens is 4. The maximum Gasteiger partial charge on any atom is 0.390 e. The van der Waals surface area contributed by atoms with E-state index in [1.807, 2.05) is 6.92 Å². The van der Waals surface area contributed by atoms with E-state index in [2.05, 4.69) is 5.10 Å². The summed E-state index contributed by atoms with van der Waals surface area (Å²) < 4.78 is 52.7. The number of carbonyl (C=O) groups is 1. The predicted octanol–water partition coefficient (Wildman–Crippen LogP) is 4.79. The van der Waals surface area contributed by atoms with Crippen LogP contribution in [0, 0.1) is 11.7 Å². The van der Waals surface area contributed by atoms with Gasteiger partial charge < -0.3 is 4.90 Å². The van der Waals surface area contributed by atoms with Gasteiger partial charge in [-0.3, -0.25) is 4.79 Å². The molecule has 0 saturated heterocycles. The predicted molar refractivity (Wildman–Crippen MR) is 104 cm³/mol. The summed E-state index contributed by atoms with van der Waals surface area (Å²) in [6.07, 6.45) is -1.49. The Kier molecular flexibility index (Phi) is 5.20.